The van der Waals surface area contributed by atoms with Crippen molar-refractivity contribution in [2.45, 2.75) is 43.9 Å². The number of thioether (sulfide) groups is 1. The number of rotatable bonds is 9. The van der Waals surface area contributed by atoms with Crippen molar-refractivity contribution in [2.75, 3.05) is 12.3 Å². The van der Waals surface area contributed by atoms with Gasteiger partial charge in [-0.2, -0.15) is 0 Å². The number of thiophene rings is 1. The number of nitrogens with zero attached hydrogens (tertiary/aromatic N) is 5. The third-order valence-electron chi connectivity index (χ3n) is 5.38. The molecule has 1 saturated carbocycles. The van der Waals surface area contributed by atoms with Gasteiger partial charge in [-0.05, 0) is 42.8 Å². The Morgan fingerprint density at radius 2 is 2.09 bits per heavy atom. The third-order valence-corrected chi connectivity index (χ3v) is 7.18. The Kier molecular flexibility index (Phi) is 6.28. The molecule has 170 valence electrons. The molecule has 0 radical (unpaired) electrons. The summed E-state index contributed by atoms with van der Waals surface area (Å²) in [6.45, 7) is 2.86. The molecule has 3 heterocycles. The van der Waals surface area contributed by atoms with E-state index < -0.39 is 0 Å². The summed E-state index contributed by atoms with van der Waals surface area (Å²) in [4.78, 5) is 33.5. The molecule has 8 nitrogen and oxygen atoms in total. The van der Waals surface area contributed by atoms with Crippen LogP contribution in [0.15, 0.2) is 56.1 Å². The van der Waals surface area contributed by atoms with E-state index in [1.165, 1.54) is 23.1 Å². The number of carbonyl (C=O) groups excluding carboxylic acids is 1. The van der Waals surface area contributed by atoms with Gasteiger partial charge in [0.1, 0.15) is 0 Å². The van der Waals surface area contributed by atoms with Crippen molar-refractivity contribution in [1.82, 2.24) is 24.6 Å². The fourth-order valence-electron chi connectivity index (χ4n) is 3.64. The number of amides is 1. The van der Waals surface area contributed by atoms with Gasteiger partial charge in [0.05, 0.1) is 28.1 Å². The topological polar surface area (TPSA) is 94.1 Å². The van der Waals surface area contributed by atoms with E-state index in [1.54, 1.807) is 15.5 Å². The summed E-state index contributed by atoms with van der Waals surface area (Å²) in [5.74, 6) is 1.00. The number of benzene rings is 1. The molecule has 3 aromatic heterocycles. The van der Waals surface area contributed by atoms with Gasteiger partial charge in [0.25, 0.3) is 11.4 Å². The number of hydrogen-bond donors (Lipinski definition) is 0. The molecule has 5 rings (SSSR count). The maximum Gasteiger partial charge on any atom is 0.262 e. The summed E-state index contributed by atoms with van der Waals surface area (Å²) in [5, 5.41) is 11.4. The Bertz CT molecular complexity index is 1330. The van der Waals surface area contributed by atoms with Crippen molar-refractivity contribution in [1.29, 1.82) is 0 Å². The summed E-state index contributed by atoms with van der Waals surface area (Å²) >= 11 is 2.84. The predicted octanol–water partition coefficient (Wildman–Crippen LogP) is 4.37. The first kappa shape index (κ1) is 21.8. The maximum atomic E-state index is 13.1. The highest BCUT2D eigenvalue weighted by Gasteiger charge is 2.29. The van der Waals surface area contributed by atoms with Crippen LogP contribution < -0.4 is 5.56 Å². The molecular formula is C23H23N5O3S2. The van der Waals surface area contributed by atoms with E-state index in [-0.39, 0.29) is 29.8 Å². The first-order valence-electron chi connectivity index (χ1n) is 10.9. The standard InChI is InChI=1S/C23H23N5O3S2/c1-2-11-27(13-19-25-26-21(31-19)18-8-5-12-32-18)20(29)14-33-23-24-17-7-4-3-6-16(17)22(30)28(23)15-9-10-15/h3-8,12,15H,2,9-11,13-14H2,1H3. The largest absolute Gasteiger partial charge is 0.418 e. The lowest BCUT2D eigenvalue weighted by molar-refractivity contribution is -0.129. The highest BCUT2D eigenvalue weighted by molar-refractivity contribution is 7.99. The number of fused-ring (bicyclic) bond motifs is 1. The predicted molar refractivity (Wildman–Crippen MR) is 128 cm³/mol. The zero-order valence-electron chi connectivity index (χ0n) is 18.1. The van der Waals surface area contributed by atoms with E-state index in [9.17, 15) is 9.59 Å². The molecule has 0 saturated heterocycles. The zero-order chi connectivity index (χ0) is 22.8. The van der Waals surface area contributed by atoms with Gasteiger partial charge in [0.15, 0.2) is 5.16 Å². The van der Waals surface area contributed by atoms with Crippen molar-refractivity contribution in [3.05, 3.63) is 58.0 Å². The second-order valence-electron chi connectivity index (χ2n) is 7.90. The number of carbonyl (C=O) groups is 1. The minimum atomic E-state index is -0.0533. The number of aromatic nitrogens is 4. The van der Waals surface area contributed by atoms with Crippen molar-refractivity contribution >= 4 is 39.9 Å². The normalized spacial score (nSPS) is 13.5. The van der Waals surface area contributed by atoms with Gasteiger partial charge in [-0.3, -0.25) is 14.2 Å². The smallest absolute Gasteiger partial charge is 0.262 e. The molecule has 0 aliphatic heterocycles. The summed E-state index contributed by atoms with van der Waals surface area (Å²) < 4.78 is 7.53. The maximum absolute atomic E-state index is 13.1. The van der Waals surface area contributed by atoms with Crippen molar-refractivity contribution < 1.29 is 9.21 Å². The second-order valence-corrected chi connectivity index (χ2v) is 9.79. The van der Waals surface area contributed by atoms with Crippen molar-refractivity contribution in [3.63, 3.8) is 0 Å². The molecule has 0 spiro atoms. The molecule has 0 N–H and O–H groups in total. The van der Waals surface area contributed by atoms with Gasteiger partial charge in [-0.25, -0.2) is 4.98 Å². The van der Waals surface area contributed by atoms with E-state index in [1.807, 2.05) is 42.6 Å². The Balaban J connectivity index is 1.32. The van der Waals surface area contributed by atoms with E-state index in [0.29, 0.717) is 34.4 Å². The summed E-state index contributed by atoms with van der Waals surface area (Å²) in [6, 6.07) is 11.4. The average Bonchev–Trinajstić information content (AvgIpc) is 3.30. The fraction of sp³-hybridized carbons (Fsp3) is 0.348. The average molecular weight is 482 g/mol. The minimum absolute atomic E-state index is 0.0320. The van der Waals surface area contributed by atoms with Crippen LogP contribution in [0.1, 0.15) is 38.1 Å². The molecule has 0 bridgehead atoms. The van der Waals surface area contributed by atoms with Crippen molar-refractivity contribution in [2.24, 2.45) is 0 Å². The lowest BCUT2D eigenvalue weighted by Crippen LogP contribution is -2.33. The number of hydrogen-bond acceptors (Lipinski definition) is 8. The van der Waals surface area contributed by atoms with E-state index in [4.69, 9.17) is 9.40 Å². The molecule has 33 heavy (non-hydrogen) atoms. The van der Waals surface area contributed by atoms with Crippen LogP contribution in [0.2, 0.25) is 0 Å². The first-order chi connectivity index (χ1) is 16.1. The van der Waals surface area contributed by atoms with Crippen molar-refractivity contribution in [3.8, 4) is 10.8 Å². The zero-order valence-corrected chi connectivity index (χ0v) is 19.8. The first-order valence-corrected chi connectivity index (χ1v) is 12.8. The minimum Gasteiger partial charge on any atom is -0.418 e. The van der Waals surface area contributed by atoms with Gasteiger partial charge in [0, 0.05) is 12.6 Å². The van der Waals surface area contributed by atoms with Crippen LogP contribution in [0.4, 0.5) is 0 Å². The van der Waals surface area contributed by atoms with E-state index in [0.717, 1.165) is 24.1 Å². The molecule has 1 aliphatic carbocycles. The van der Waals surface area contributed by atoms with E-state index >= 15 is 0 Å². The molecular weight excluding hydrogens is 458 g/mol. The van der Waals surface area contributed by atoms with Gasteiger partial charge < -0.3 is 9.32 Å². The van der Waals surface area contributed by atoms with Gasteiger partial charge in [-0.1, -0.05) is 36.9 Å². The molecule has 0 unspecified atom stereocenters. The quantitative estimate of drug-likeness (QED) is 0.259. The lowest BCUT2D eigenvalue weighted by Gasteiger charge is -2.20. The highest BCUT2D eigenvalue weighted by atomic mass is 32.2. The number of para-hydroxylation sites is 1. The van der Waals surface area contributed by atoms with Crippen LogP contribution in [0.5, 0.6) is 0 Å². The monoisotopic (exact) mass is 481 g/mol. The van der Waals surface area contributed by atoms with Crippen LogP contribution in [0.3, 0.4) is 0 Å². The van der Waals surface area contributed by atoms with E-state index in [2.05, 4.69) is 10.2 Å². The molecule has 4 aromatic rings. The van der Waals surface area contributed by atoms with Gasteiger partial charge >= 0.3 is 0 Å². The summed E-state index contributed by atoms with van der Waals surface area (Å²) in [6.07, 6.45) is 2.74. The Labute approximate surface area is 198 Å². The molecule has 1 fully saturated rings. The molecule has 1 aromatic carbocycles. The molecule has 0 atom stereocenters. The Hall–Kier alpha value is -2.98. The summed E-state index contributed by atoms with van der Waals surface area (Å²) in [5.41, 5.74) is 0.627. The third kappa shape index (κ3) is 4.72. The highest BCUT2D eigenvalue weighted by Crippen LogP contribution is 2.37. The van der Waals surface area contributed by atoms with Crippen LogP contribution in [-0.4, -0.2) is 42.9 Å². The second kappa shape index (κ2) is 9.48. The van der Waals surface area contributed by atoms with Crippen LogP contribution >= 0.6 is 23.1 Å². The molecule has 10 heteroatoms. The van der Waals surface area contributed by atoms with Gasteiger partial charge in [-0.15, -0.1) is 21.5 Å². The lowest BCUT2D eigenvalue weighted by atomic mass is 10.2. The molecule has 1 amide bonds. The SMILES string of the molecule is CCCN(Cc1nnc(-c2cccs2)o1)C(=O)CSc1nc2ccccc2c(=O)n1C1CC1. The van der Waals surface area contributed by atoms with Gasteiger partial charge in [0.2, 0.25) is 11.8 Å². The molecule has 1 aliphatic rings. The fourth-order valence-corrected chi connectivity index (χ4v) is 5.26. The van der Waals surface area contributed by atoms with Crippen LogP contribution in [-0.2, 0) is 11.3 Å². The Morgan fingerprint density at radius 3 is 2.85 bits per heavy atom. The van der Waals surface area contributed by atoms with Crippen LogP contribution in [0.25, 0.3) is 21.7 Å². The summed E-state index contributed by atoms with van der Waals surface area (Å²) in [7, 11) is 0. The Morgan fingerprint density at radius 1 is 1.24 bits per heavy atom. The van der Waals surface area contributed by atoms with Crippen LogP contribution in [0, 0.1) is 0 Å².